The first-order chi connectivity index (χ1) is 14.4. The van der Waals surface area contributed by atoms with Gasteiger partial charge in [0.1, 0.15) is 11.6 Å². The third-order valence-electron chi connectivity index (χ3n) is 4.89. The first kappa shape index (κ1) is 21.8. The molecule has 0 bridgehead atoms. The molecule has 30 heavy (non-hydrogen) atoms. The molecule has 0 aliphatic carbocycles. The molecule has 0 fully saturated rings. The number of para-hydroxylation sites is 1. The molecule has 1 N–H and O–H groups in total. The average molecular weight is 430 g/mol. The van der Waals surface area contributed by atoms with E-state index < -0.39 is 5.82 Å². The molecule has 0 radical (unpaired) electrons. The normalized spacial score (nSPS) is 10.8. The number of aromatic nitrogens is 2. The summed E-state index contributed by atoms with van der Waals surface area (Å²) in [5, 5.41) is 7.71. The van der Waals surface area contributed by atoms with Crippen LogP contribution in [0.25, 0.3) is 0 Å². The van der Waals surface area contributed by atoms with Crippen LogP contribution in [0.1, 0.15) is 28.9 Å². The fourth-order valence-corrected chi connectivity index (χ4v) is 3.44. The lowest BCUT2D eigenvalue weighted by Crippen LogP contribution is -2.25. The summed E-state index contributed by atoms with van der Waals surface area (Å²) in [6, 6.07) is 13.8. The van der Waals surface area contributed by atoms with Crippen LogP contribution in [-0.2, 0) is 24.3 Å². The predicted octanol–water partition coefficient (Wildman–Crippen LogP) is 4.62. The number of amides is 1. The van der Waals surface area contributed by atoms with E-state index in [2.05, 4.69) is 10.4 Å². The summed E-state index contributed by atoms with van der Waals surface area (Å²) in [6.07, 6.45) is 1.04. The number of carbonyl (C=O) groups is 1. The SMILES string of the molecule is Cc1nn(CCCOc2ccccc2)c(C)c1CC(=O)NCc1ccc(F)cc1Cl. The van der Waals surface area contributed by atoms with Crippen LogP contribution in [0.4, 0.5) is 4.39 Å². The number of nitrogens with zero attached hydrogens (tertiary/aromatic N) is 2. The Morgan fingerprint density at radius 1 is 1.20 bits per heavy atom. The maximum atomic E-state index is 13.1. The van der Waals surface area contributed by atoms with Crippen molar-refractivity contribution < 1.29 is 13.9 Å². The van der Waals surface area contributed by atoms with E-state index >= 15 is 0 Å². The lowest BCUT2D eigenvalue weighted by Gasteiger charge is -2.09. The van der Waals surface area contributed by atoms with Crippen LogP contribution >= 0.6 is 11.6 Å². The number of hydrogen-bond acceptors (Lipinski definition) is 3. The van der Waals surface area contributed by atoms with Crippen molar-refractivity contribution in [2.75, 3.05) is 6.61 Å². The Balaban J connectivity index is 1.51. The minimum atomic E-state index is -0.400. The van der Waals surface area contributed by atoms with Crippen molar-refractivity contribution in [3.63, 3.8) is 0 Å². The Hall–Kier alpha value is -2.86. The first-order valence-corrected chi connectivity index (χ1v) is 10.2. The third-order valence-corrected chi connectivity index (χ3v) is 5.24. The molecule has 7 heteroatoms. The van der Waals surface area contributed by atoms with Crippen molar-refractivity contribution in [2.45, 2.75) is 39.8 Å². The fourth-order valence-electron chi connectivity index (χ4n) is 3.21. The molecule has 1 amide bonds. The quantitative estimate of drug-likeness (QED) is 0.505. The summed E-state index contributed by atoms with van der Waals surface area (Å²) in [4.78, 5) is 12.4. The van der Waals surface area contributed by atoms with E-state index in [1.807, 2.05) is 48.9 Å². The summed E-state index contributed by atoms with van der Waals surface area (Å²) >= 11 is 6.01. The topological polar surface area (TPSA) is 56.2 Å². The van der Waals surface area contributed by atoms with Crippen LogP contribution in [0.3, 0.4) is 0 Å². The highest BCUT2D eigenvalue weighted by molar-refractivity contribution is 6.31. The average Bonchev–Trinajstić information content (AvgIpc) is 2.99. The van der Waals surface area contributed by atoms with Crippen molar-refractivity contribution in [2.24, 2.45) is 0 Å². The Kier molecular flexibility index (Phi) is 7.46. The number of aryl methyl sites for hydroxylation is 2. The van der Waals surface area contributed by atoms with Gasteiger partial charge in [0, 0.05) is 35.8 Å². The van der Waals surface area contributed by atoms with Gasteiger partial charge in [0.2, 0.25) is 5.91 Å². The van der Waals surface area contributed by atoms with Gasteiger partial charge in [-0.15, -0.1) is 0 Å². The van der Waals surface area contributed by atoms with E-state index in [-0.39, 0.29) is 18.9 Å². The first-order valence-electron chi connectivity index (χ1n) is 9.85. The van der Waals surface area contributed by atoms with Gasteiger partial charge in [-0.3, -0.25) is 9.48 Å². The maximum Gasteiger partial charge on any atom is 0.224 e. The van der Waals surface area contributed by atoms with Crippen molar-refractivity contribution >= 4 is 17.5 Å². The summed E-state index contributed by atoms with van der Waals surface area (Å²) in [7, 11) is 0. The molecule has 1 heterocycles. The van der Waals surface area contributed by atoms with Crippen molar-refractivity contribution in [1.29, 1.82) is 0 Å². The molecule has 0 unspecified atom stereocenters. The van der Waals surface area contributed by atoms with Crippen LogP contribution in [-0.4, -0.2) is 22.3 Å². The Morgan fingerprint density at radius 3 is 2.70 bits per heavy atom. The van der Waals surface area contributed by atoms with Gasteiger partial charge in [0.15, 0.2) is 0 Å². The molecule has 0 spiro atoms. The van der Waals surface area contributed by atoms with Crippen LogP contribution in [0.5, 0.6) is 5.75 Å². The Labute approximate surface area is 180 Å². The molecule has 3 aromatic rings. The third kappa shape index (κ3) is 5.83. The largest absolute Gasteiger partial charge is 0.494 e. The smallest absolute Gasteiger partial charge is 0.224 e. The molecule has 0 aliphatic rings. The molecule has 5 nitrogen and oxygen atoms in total. The summed E-state index contributed by atoms with van der Waals surface area (Å²) in [5.41, 5.74) is 3.41. The molecule has 0 saturated carbocycles. The lowest BCUT2D eigenvalue weighted by molar-refractivity contribution is -0.120. The van der Waals surface area contributed by atoms with E-state index in [9.17, 15) is 9.18 Å². The van der Waals surface area contributed by atoms with E-state index in [1.54, 1.807) is 6.07 Å². The molecule has 2 aromatic carbocycles. The number of carbonyl (C=O) groups excluding carboxylic acids is 1. The van der Waals surface area contributed by atoms with Gasteiger partial charge >= 0.3 is 0 Å². The number of hydrogen-bond donors (Lipinski definition) is 1. The summed E-state index contributed by atoms with van der Waals surface area (Å²) < 4.78 is 20.8. The predicted molar refractivity (Wildman–Crippen MR) is 115 cm³/mol. The van der Waals surface area contributed by atoms with Gasteiger partial charge in [-0.1, -0.05) is 35.9 Å². The Morgan fingerprint density at radius 2 is 1.97 bits per heavy atom. The highest BCUT2D eigenvalue weighted by Gasteiger charge is 2.15. The van der Waals surface area contributed by atoms with Gasteiger partial charge in [0.25, 0.3) is 0 Å². The van der Waals surface area contributed by atoms with Crippen LogP contribution < -0.4 is 10.1 Å². The molecule has 1 aromatic heterocycles. The molecule has 3 rings (SSSR count). The molecule has 158 valence electrons. The van der Waals surface area contributed by atoms with Gasteiger partial charge in [-0.05, 0) is 43.7 Å². The lowest BCUT2D eigenvalue weighted by atomic mass is 10.1. The van der Waals surface area contributed by atoms with E-state index in [0.717, 1.165) is 29.1 Å². The van der Waals surface area contributed by atoms with E-state index in [0.29, 0.717) is 23.7 Å². The zero-order chi connectivity index (χ0) is 21.5. The zero-order valence-electron chi connectivity index (χ0n) is 17.1. The molecular formula is C23H25ClFN3O2. The molecule has 0 atom stereocenters. The van der Waals surface area contributed by atoms with Gasteiger partial charge in [-0.25, -0.2) is 4.39 Å². The van der Waals surface area contributed by atoms with Gasteiger partial charge < -0.3 is 10.1 Å². The number of ether oxygens (including phenoxy) is 1. The minimum absolute atomic E-state index is 0.131. The monoisotopic (exact) mass is 429 g/mol. The van der Waals surface area contributed by atoms with Crippen molar-refractivity contribution in [1.82, 2.24) is 15.1 Å². The van der Waals surface area contributed by atoms with E-state index in [4.69, 9.17) is 16.3 Å². The van der Waals surface area contributed by atoms with Crippen molar-refractivity contribution in [3.8, 4) is 5.75 Å². The fraction of sp³-hybridized carbons (Fsp3) is 0.304. The van der Waals surface area contributed by atoms with E-state index in [1.165, 1.54) is 12.1 Å². The number of nitrogens with one attached hydrogen (secondary N) is 1. The number of benzene rings is 2. The second kappa shape index (κ2) is 10.3. The highest BCUT2D eigenvalue weighted by Crippen LogP contribution is 2.18. The van der Waals surface area contributed by atoms with Crippen LogP contribution in [0.2, 0.25) is 5.02 Å². The highest BCUT2D eigenvalue weighted by atomic mass is 35.5. The van der Waals surface area contributed by atoms with Gasteiger partial charge in [0.05, 0.1) is 18.7 Å². The standard InChI is InChI=1S/C23H25ClFN3O2/c1-16-21(14-23(29)26-15-18-9-10-19(25)13-22(18)24)17(2)28(27-16)11-6-12-30-20-7-4-3-5-8-20/h3-5,7-10,13H,6,11-12,14-15H2,1-2H3,(H,26,29). The number of halogens is 2. The second-order valence-electron chi connectivity index (χ2n) is 7.08. The number of rotatable bonds is 9. The molecule has 0 saturated heterocycles. The Bertz CT molecular complexity index is 1010. The summed E-state index contributed by atoms with van der Waals surface area (Å²) in [6.45, 7) is 5.44. The van der Waals surface area contributed by atoms with Gasteiger partial charge in [-0.2, -0.15) is 5.10 Å². The van der Waals surface area contributed by atoms with Crippen LogP contribution in [0, 0.1) is 19.7 Å². The zero-order valence-corrected chi connectivity index (χ0v) is 17.9. The second-order valence-corrected chi connectivity index (χ2v) is 7.48. The molecular weight excluding hydrogens is 405 g/mol. The summed E-state index contributed by atoms with van der Waals surface area (Å²) in [5.74, 6) is 0.320. The minimum Gasteiger partial charge on any atom is -0.494 e. The van der Waals surface area contributed by atoms with Crippen LogP contribution in [0.15, 0.2) is 48.5 Å². The molecule has 0 aliphatic heterocycles. The maximum absolute atomic E-state index is 13.1. The van der Waals surface area contributed by atoms with Crippen molar-refractivity contribution in [3.05, 3.63) is 81.9 Å².